The number of hydrogen-bond acceptors (Lipinski definition) is 3. The smallest absolute Gasteiger partial charge is 0.147 e. The van der Waals surface area contributed by atoms with Crippen LogP contribution < -0.4 is 9.64 Å². The Balaban J connectivity index is 2.49. The summed E-state index contributed by atoms with van der Waals surface area (Å²) in [5, 5.41) is 9.81. The third kappa shape index (κ3) is 2.75. The molecule has 0 aliphatic carbocycles. The second kappa shape index (κ2) is 5.92. The second-order valence-electron chi connectivity index (χ2n) is 4.61. The number of hydrogen-bond donors (Lipinski definition) is 1. The van der Waals surface area contributed by atoms with Gasteiger partial charge in [-0.1, -0.05) is 18.2 Å². The van der Waals surface area contributed by atoms with Crippen LogP contribution in [0.5, 0.6) is 5.75 Å². The lowest BCUT2D eigenvalue weighted by Gasteiger charge is -2.24. The van der Waals surface area contributed by atoms with Crippen LogP contribution in [0.3, 0.4) is 0 Å². The van der Waals surface area contributed by atoms with Gasteiger partial charge in [-0.2, -0.15) is 0 Å². The minimum atomic E-state index is -0.742. The van der Waals surface area contributed by atoms with Crippen molar-refractivity contribution in [3.63, 3.8) is 0 Å². The summed E-state index contributed by atoms with van der Waals surface area (Å²) >= 11 is 0. The standard InChI is InChI=1S/C16H18FNO2/c1-11(19)14-8-5-9-15(17)16(14)18(2)12-6-4-7-13(10-12)20-3/h4-11,19H,1-3H3/t11-/m0/s1. The van der Waals surface area contributed by atoms with Crippen molar-refractivity contribution in [1.29, 1.82) is 0 Å². The number of aliphatic hydroxyl groups is 1. The van der Waals surface area contributed by atoms with Crippen molar-refractivity contribution in [3.05, 3.63) is 53.8 Å². The molecule has 0 heterocycles. The molecule has 2 rings (SSSR count). The Labute approximate surface area is 118 Å². The molecule has 0 amide bonds. The minimum Gasteiger partial charge on any atom is -0.497 e. The Kier molecular flexibility index (Phi) is 4.25. The van der Waals surface area contributed by atoms with Crippen molar-refractivity contribution in [2.24, 2.45) is 0 Å². The minimum absolute atomic E-state index is 0.367. The van der Waals surface area contributed by atoms with E-state index in [-0.39, 0.29) is 5.82 Å². The van der Waals surface area contributed by atoms with Crippen molar-refractivity contribution in [1.82, 2.24) is 0 Å². The van der Waals surface area contributed by atoms with Gasteiger partial charge in [0, 0.05) is 24.4 Å². The van der Waals surface area contributed by atoms with E-state index in [1.165, 1.54) is 6.07 Å². The fourth-order valence-corrected chi connectivity index (χ4v) is 2.17. The van der Waals surface area contributed by atoms with E-state index in [1.54, 1.807) is 38.1 Å². The molecule has 4 heteroatoms. The lowest BCUT2D eigenvalue weighted by Crippen LogP contribution is -2.14. The van der Waals surface area contributed by atoms with Crippen molar-refractivity contribution >= 4 is 11.4 Å². The molecular formula is C16H18FNO2. The topological polar surface area (TPSA) is 32.7 Å². The number of halogens is 1. The molecule has 1 atom stereocenters. The van der Waals surface area contributed by atoms with E-state index in [0.717, 1.165) is 5.69 Å². The molecular weight excluding hydrogens is 257 g/mol. The summed E-state index contributed by atoms with van der Waals surface area (Å²) < 4.78 is 19.3. The zero-order chi connectivity index (χ0) is 14.7. The molecule has 0 saturated carbocycles. The monoisotopic (exact) mass is 275 g/mol. The molecule has 20 heavy (non-hydrogen) atoms. The molecule has 0 spiro atoms. The van der Waals surface area contributed by atoms with Crippen LogP contribution >= 0.6 is 0 Å². The van der Waals surface area contributed by atoms with Crippen LogP contribution in [0.4, 0.5) is 15.8 Å². The normalized spacial score (nSPS) is 12.1. The van der Waals surface area contributed by atoms with Gasteiger partial charge >= 0.3 is 0 Å². The predicted molar refractivity (Wildman–Crippen MR) is 78.1 cm³/mol. The number of rotatable bonds is 4. The lowest BCUT2D eigenvalue weighted by atomic mass is 10.1. The van der Waals surface area contributed by atoms with E-state index < -0.39 is 6.10 Å². The van der Waals surface area contributed by atoms with E-state index in [2.05, 4.69) is 0 Å². The lowest BCUT2D eigenvalue weighted by molar-refractivity contribution is 0.199. The van der Waals surface area contributed by atoms with Crippen LogP contribution in [-0.4, -0.2) is 19.3 Å². The highest BCUT2D eigenvalue weighted by molar-refractivity contribution is 5.67. The van der Waals surface area contributed by atoms with Crippen molar-refractivity contribution in [2.45, 2.75) is 13.0 Å². The SMILES string of the molecule is COc1cccc(N(C)c2c(F)cccc2[C@H](C)O)c1. The fraction of sp³-hybridized carbons (Fsp3) is 0.250. The van der Waals surface area contributed by atoms with E-state index in [9.17, 15) is 9.50 Å². The molecule has 0 aromatic heterocycles. The molecule has 0 aliphatic rings. The summed E-state index contributed by atoms with van der Waals surface area (Å²) in [4.78, 5) is 1.71. The summed E-state index contributed by atoms with van der Waals surface area (Å²) in [7, 11) is 3.35. The number of methoxy groups -OCH3 is 1. The molecule has 3 nitrogen and oxygen atoms in total. The maximum Gasteiger partial charge on any atom is 0.147 e. The van der Waals surface area contributed by atoms with Crippen molar-refractivity contribution in [2.75, 3.05) is 19.1 Å². The van der Waals surface area contributed by atoms with Gasteiger partial charge in [0.1, 0.15) is 11.6 Å². The molecule has 1 N–H and O–H groups in total. The first-order valence-corrected chi connectivity index (χ1v) is 6.39. The Morgan fingerprint density at radius 1 is 1.20 bits per heavy atom. The predicted octanol–water partition coefficient (Wildman–Crippen LogP) is 3.66. The molecule has 0 saturated heterocycles. The second-order valence-corrected chi connectivity index (χ2v) is 4.61. The van der Waals surface area contributed by atoms with Crippen LogP contribution in [0.2, 0.25) is 0 Å². The van der Waals surface area contributed by atoms with E-state index in [1.807, 2.05) is 24.3 Å². The summed E-state index contributed by atoms with van der Waals surface area (Å²) in [6, 6.07) is 12.1. The van der Waals surface area contributed by atoms with Crippen LogP contribution in [0.1, 0.15) is 18.6 Å². The van der Waals surface area contributed by atoms with Gasteiger partial charge in [-0.15, -0.1) is 0 Å². The highest BCUT2D eigenvalue weighted by atomic mass is 19.1. The first-order chi connectivity index (χ1) is 9.54. The fourth-order valence-electron chi connectivity index (χ4n) is 2.17. The van der Waals surface area contributed by atoms with Gasteiger partial charge in [0.2, 0.25) is 0 Å². The van der Waals surface area contributed by atoms with Gasteiger partial charge in [-0.3, -0.25) is 0 Å². The summed E-state index contributed by atoms with van der Waals surface area (Å²) in [6.45, 7) is 1.62. The Morgan fingerprint density at radius 2 is 1.90 bits per heavy atom. The van der Waals surface area contributed by atoms with E-state index in [4.69, 9.17) is 4.74 Å². The van der Waals surface area contributed by atoms with E-state index >= 15 is 0 Å². The molecule has 106 valence electrons. The van der Waals surface area contributed by atoms with Crippen molar-refractivity contribution in [3.8, 4) is 5.75 Å². The van der Waals surface area contributed by atoms with Gasteiger partial charge in [0.25, 0.3) is 0 Å². The molecule has 0 bridgehead atoms. The Morgan fingerprint density at radius 3 is 2.55 bits per heavy atom. The zero-order valence-corrected chi connectivity index (χ0v) is 11.8. The first kappa shape index (κ1) is 14.3. The maximum atomic E-state index is 14.1. The first-order valence-electron chi connectivity index (χ1n) is 6.39. The third-order valence-corrected chi connectivity index (χ3v) is 3.24. The zero-order valence-electron chi connectivity index (χ0n) is 11.8. The summed E-state index contributed by atoms with van der Waals surface area (Å²) in [6.07, 6.45) is -0.742. The van der Waals surface area contributed by atoms with Gasteiger partial charge in [-0.25, -0.2) is 4.39 Å². The van der Waals surface area contributed by atoms with Gasteiger partial charge in [-0.05, 0) is 25.1 Å². The van der Waals surface area contributed by atoms with Crippen LogP contribution in [-0.2, 0) is 0 Å². The van der Waals surface area contributed by atoms with Crippen LogP contribution in [0.25, 0.3) is 0 Å². The number of benzene rings is 2. The molecule has 0 unspecified atom stereocenters. The van der Waals surface area contributed by atoms with Crippen molar-refractivity contribution < 1.29 is 14.2 Å². The van der Waals surface area contributed by atoms with Gasteiger partial charge in [0.15, 0.2) is 0 Å². The maximum absolute atomic E-state index is 14.1. The number of nitrogens with zero attached hydrogens (tertiary/aromatic N) is 1. The highest BCUT2D eigenvalue weighted by Crippen LogP contribution is 2.34. The highest BCUT2D eigenvalue weighted by Gasteiger charge is 2.17. The molecule has 0 fully saturated rings. The average molecular weight is 275 g/mol. The summed E-state index contributed by atoms with van der Waals surface area (Å²) in [5.41, 5.74) is 1.71. The Bertz CT molecular complexity index is 599. The van der Waals surface area contributed by atoms with Gasteiger partial charge < -0.3 is 14.7 Å². The summed E-state index contributed by atoms with van der Waals surface area (Å²) in [5.74, 6) is 0.331. The third-order valence-electron chi connectivity index (χ3n) is 3.24. The Hall–Kier alpha value is -2.07. The average Bonchev–Trinajstić information content (AvgIpc) is 2.46. The molecule has 2 aromatic rings. The molecule has 0 aliphatic heterocycles. The van der Waals surface area contributed by atoms with E-state index in [0.29, 0.717) is 17.0 Å². The van der Waals surface area contributed by atoms with Crippen LogP contribution in [0, 0.1) is 5.82 Å². The molecule has 2 aromatic carbocycles. The number of ether oxygens (including phenoxy) is 1. The number of anilines is 2. The number of aliphatic hydroxyl groups excluding tert-OH is 1. The number of para-hydroxylation sites is 1. The molecule has 0 radical (unpaired) electrons. The quantitative estimate of drug-likeness (QED) is 0.924. The van der Waals surface area contributed by atoms with Crippen LogP contribution in [0.15, 0.2) is 42.5 Å². The largest absolute Gasteiger partial charge is 0.497 e. The van der Waals surface area contributed by atoms with Gasteiger partial charge in [0.05, 0.1) is 18.9 Å².